The SMILES string of the molecule is COc1ccccc1CCNC(=O)[C@@H]1COc2ccccc2O1. The van der Waals surface area contributed by atoms with Crippen molar-refractivity contribution >= 4 is 5.91 Å². The zero-order valence-electron chi connectivity index (χ0n) is 13.0. The first kappa shape index (κ1) is 15.2. The second kappa shape index (κ2) is 7.05. The molecule has 0 fully saturated rings. The van der Waals surface area contributed by atoms with Gasteiger partial charge in [-0.1, -0.05) is 30.3 Å². The molecule has 1 amide bonds. The summed E-state index contributed by atoms with van der Waals surface area (Å²) in [5.41, 5.74) is 1.06. The highest BCUT2D eigenvalue weighted by atomic mass is 16.6. The van der Waals surface area contributed by atoms with Gasteiger partial charge in [0, 0.05) is 6.54 Å². The van der Waals surface area contributed by atoms with Crippen LogP contribution in [0.4, 0.5) is 0 Å². The van der Waals surface area contributed by atoms with E-state index in [2.05, 4.69) is 5.32 Å². The fourth-order valence-electron chi connectivity index (χ4n) is 2.49. The number of carbonyl (C=O) groups excluding carboxylic acids is 1. The average molecular weight is 313 g/mol. The molecule has 0 bridgehead atoms. The second-order valence-corrected chi connectivity index (χ2v) is 5.22. The predicted octanol–water partition coefficient (Wildman–Crippen LogP) is 2.19. The molecule has 5 heteroatoms. The maximum Gasteiger partial charge on any atom is 0.264 e. The van der Waals surface area contributed by atoms with Crippen molar-refractivity contribution in [3.63, 3.8) is 0 Å². The van der Waals surface area contributed by atoms with Gasteiger partial charge in [-0.3, -0.25) is 4.79 Å². The molecule has 120 valence electrons. The van der Waals surface area contributed by atoms with Crippen molar-refractivity contribution in [3.05, 3.63) is 54.1 Å². The summed E-state index contributed by atoms with van der Waals surface area (Å²) in [7, 11) is 1.64. The lowest BCUT2D eigenvalue weighted by Gasteiger charge is -2.25. The first-order valence-electron chi connectivity index (χ1n) is 7.56. The molecule has 0 unspecified atom stereocenters. The van der Waals surface area contributed by atoms with Gasteiger partial charge in [-0.2, -0.15) is 0 Å². The second-order valence-electron chi connectivity index (χ2n) is 5.22. The number of fused-ring (bicyclic) bond motifs is 1. The van der Waals surface area contributed by atoms with E-state index in [4.69, 9.17) is 14.2 Å². The van der Waals surface area contributed by atoms with Crippen LogP contribution in [0.2, 0.25) is 0 Å². The van der Waals surface area contributed by atoms with Crippen LogP contribution in [-0.2, 0) is 11.2 Å². The number of amides is 1. The number of nitrogens with one attached hydrogen (secondary N) is 1. The fraction of sp³-hybridized carbons (Fsp3) is 0.278. The summed E-state index contributed by atoms with van der Waals surface area (Å²) in [4.78, 5) is 12.2. The lowest BCUT2D eigenvalue weighted by atomic mass is 10.1. The first-order chi connectivity index (χ1) is 11.3. The van der Waals surface area contributed by atoms with Crippen molar-refractivity contribution in [3.8, 4) is 17.2 Å². The van der Waals surface area contributed by atoms with E-state index in [9.17, 15) is 4.79 Å². The number of rotatable bonds is 5. The smallest absolute Gasteiger partial charge is 0.264 e. The van der Waals surface area contributed by atoms with Crippen LogP contribution >= 0.6 is 0 Å². The maximum absolute atomic E-state index is 12.2. The van der Waals surface area contributed by atoms with Gasteiger partial charge in [0.1, 0.15) is 12.4 Å². The van der Waals surface area contributed by atoms with Crippen LogP contribution in [0.1, 0.15) is 5.56 Å². The van der Waals surface area contributed by atoms with E-state index >= 15 is 0 Å². The van der Waals surface area contributed by atoms with Crippen molar-refractivity contribution in [2.75, 3.05) is 20.3 Å². The Morgan fingerprint density at radius 1 is 1.17 bits per heavy atom. The molecule has 1 heterocycles. The summed E-state index contributed by atoms with van der Waals surface area (Å²) in [5.74, 6) is 1.93. The third kappa shape index (κ3) is 3.56. The van der Waals surface area contributed by atoms with Gasteiger partial charge >= 0.3 is 0 Å². The molecule has 3 rings (SSSR count). The largest absolute Gasteiger partial charge is 0.496 e. The minimum atomic E-state index is -0.623. The molecular formula is C18H19NO4. The number of benzene rings is 2. The van der Waals surface area contributed by atoms with Gasteiger partial charge < -0.3 is 19.5 Å². The van der Waals surface area contributed by atoms with Crippen LogP contribution in [-0.4, -0.2) is 32.3 Å². The number of methoxy groups -OCH3 is 1. The lowest BCUT2D eigenvalue weighted by molar-refractivity contribution is -0.130. The van der Waals surface area contributed by atoms with Crippen molar-refractivity contribution < 1.29 is 19.0 Å². The Morgan fingerprint density at radius 3 is 2.74 bits per heavy atom. The molecule has 2 aromatic rings. The van der Waals surface area contributed by atoms with E-state index in [0.29, 0.717) is 24.5 Å². The molecule has 2 aromatic carbocycles. The van der Waals surface area contributed by atoms with E-state index in [1.807, 2.05) is 42.5 Å². The predicted molar refractivity (Wildman–Crippen MR) is 86.1 cm³/mol. The molecule has 0 aromatic heterocycles. The van der Waals surface area contributed by atoms with Gasteiger partial charge in [0.2, 0.25) is 6.10 Å². The summed E-state index contributed by atoms with van der Waals surface area (Å²) in [6, 6.07) is 15.1. The molecule has 1 atom stereocenters. The molecule has 1 aliphatic heterocycles. The first-order valence-corrected chi connectivity index (χ1v) is 7.56. The summed E-state index contributed by atoms with van der Waals surface area (Å²) < 4.78 is 16.5. The van der Waals surface area contributed by atoms with Gasteiger partial charge in [-0.05, 0) is 30.2 Å². The molecule has 0 saturated heterocycles. The van der Waals surface area contributed by atoms with Crippen LogP contribution in [0.5, 0.6) is 17.2 Å². The standard InChI is InChI=1S/C18H19NO4/c1-21-14-7-3-2-6-13(14)10-11-19-18(20)17-12-22-15-8-4-5-9-16(15)23-17/h2-9,17H,10-12H2,1H3,(H,19,20)/t17-/m0/s1. The highest BCUT2D eigenvalue weighted by Crippen LogP contribution is 2.30. The Labute approximate surface area is 135 Å². The van der Waals surface area contributed by atoms with Crippen LogP contribution in [0.25, 0.3) is 0 Å². The summed E-state index contributed by atoms with van der Waals surface area (Å²) >= 11 is 0. The van der Waals surface area contributed by atoms with E-state index in [1.165, 1.54) is 0 Å². The normalized spacial score (nSPS) is 15.8. The molecule has 5 nitrogen and oxygen atoms in total. The number of para-hydroxylation sites is 3. The molecule has 0 radical (unpaired) electrons. The summed E-state index contributed by atoms with van der Waals surface area (Å²) in [6.45, 7) is 0.734. The minimum Gasteiger partial charge on any atom is -0.496 e. The van der Waals surface area contributed by atoms with E-state index < -0.39 is 6.10 Å². The number of hydrogen-bond donors (Lipinski definition) is 1. The Hall–Kier alpha value is -2.69. The summed E-state index contributed by atoms with van der Waals surface area (Å²) in [5, 5.41) is 2.88. The Kier molecular flexibility index (Phi) is 4.66. The van der Waals surface area contributed by atoms with Crippen molar-refractivity contribution in [1.29, 1.82) is 0 Å². The number of carbonyl (C=O) groups is 1. The van der Waals surface area contributed by atoms with E-state index in [-0.39, 0.29) is 12.5 Å². The highest BCUT2D eigenvalue weighted by molar-refractivity contribution is 5.81. The topological polar surface area (TPSA) is 56.8 Å². The van der Waals surface area contributed by atoms with Gasteiger partial charge in [0.25, 0.3) is 5.91 Å². The number of ether oxygens (including phenoxy) is 3. The summed E-state index contributed by atoms with van der Waals surface area (Å²) in [6.07, 6.45) is 0.0717. The van der Waals surface area contributed by atoms with Crippen LogP contribution < -0.4 is 19.5 Å². The molecule has 23 heavy (non-hydrogen) atoms. The average Bonchev–Trinajstić information content (AvgIpc) is 2.61. The third-order valence-corrected chi connectivity index (χ3v) is 3.69. The molecule has 0 saturated carbocycles. The van der Waals surface area contributed by atoms with Gasteiger partial charge in [0.05, 0.1) is 7.11 Å². The van der Waals surface area contributed by atoms with Gasteiger partial charge in [0.15, 0.2) is 11.5 Å². The Bertz CT molecular complexity index is 686. The van der Waals surface area contributed by atoms with Crippen LogP contribution in [0.15, 0.2) is 48.5 Å². The third-order valence-electron chi connectivity index (χ3n) is 3.69. The lowest BCUT2D eigenvalue weighted by Crippen LogP contribution is -2.44. The molecule has 1 aliphatic rings. The minimum absolute atomic E-state index is 0.172. The van der Waals surface area contributed by atoms with E-state index in [1.54, 1.807) is 13.2 Å². The van der Waals surface area contributed by atoms with Crippen LogP contribution in [0, 0.1) is 0 Å². The van der Waals surface area contributed by atoms with Gasteiger partial charge in [-0.15, -0.1) is 0 Å². The monoisotopic (exact) mass is 313 g/mol. The Balaban J connectivity index is 1.52. The van der Waals surface area contributed by atoms with Crippen LogP contribution in [0.3, 0.4) is 0 Å². The quantitative estimate of drug-likeness (QED) is 0.919. The Morgan fingerprint density at radius 2 is 1.91 bits per heavy atom. The highest BCUT2D eigenvalue weighted by Gasteiger charge is 2.26. The van der Waals surface area contributed by atoms with Crippen molar-refractivity contribution in [2.45, 2.75) is 12.5 Å². The molecular weight excluding hydrogens is 294 g/mol. The fourth-order valence-corrected chi connectivity index (χ4v) is 2.49. The van der Waals surface area contributed by atoms with E-state index in [0.717, 1.165) is 11.3 Å². The molecule has 0 spiro atoms. The number of hydrogen-bond acceptors (Lipinski definition) is 4. The molecule has 0 aliphatic carbocycles. The van der Waals surface area contributed by atoms with Crippen molar-refractivity contribution in [1.82, 2.24) is 5.32 Å². The van der Waals surface area contributed by atoms with Gasteiger partial charge in [-0.25, -0.2) is 0 Å². The molecule has 1 N–H and O–H groups in total. The zero-order valence-corrected chi connectivity index (χ0v) is 13.0. The maximum atomic E-state index is 12.2. The zero-order chi connectivity index (χ0) is 16.1. The van der Waals surface area contributed by atoms with Crippen molar-refractivity contribution in [2.24, 2.45) is 0 Å².